The van der Waals surface area contributed by atoms with E-state index in [1.807, 2.05) is 12.1 Å². The van der Waals surface area contributed by atoms with Gasteiger partial charge in [-0.25, -0.2) is 0 Å². The lowest BCUT2D eigenvalue weighted by atomic mass is 10.5. The molecule has 1 aromatic rings. The quantitative estimate of drug-likeness (QED) is 0.723. The fourth-order valence-electron chi connectivity index (χ4n) is 0.334. The van der Waals surface area contributed by atoms with Crippen molar-refractivity contribution >= 4 is 21.9 Å². The van der Waals surface area contributed by atoms with Crippen LogP contribution in [0.1, 0.15) is 6.92 Å². The van der Waals surface area contributed by atoms with Gasteiger partial charge in [0.15, 0.2) is 0 Å². The molecule has 0 aliphatic heterocycles. The standard InChI is InChI=1S/C5H4BrN.C2H4O2/c6-5-1-3-7-4-2-5;1-2(3)4/h1-4H;1H3,(H,3,4). The Labute approximate surface area is 73.2 Å². The third-order valence-electron chi connectivity index (χ3n) is 0.640. The van der Waals surface area contributed by atoms with Crippen LogP contribution in [-0.4, -0.2) is 16.1 Å². The lowest BCUT2D eigenvalue weighted by Gasteiger charge is -1.80. The third kappa shape index (κ3) is 9.10. The molecule has 3 nitrogen and oxygen atoms in total. The maximum Gasteiger partial charge on any atom is 0.300 e. The number of rotatable bonds is 0. The van der Waals surface area contributed by atoms with Crippen LogP contribution in [0.15, 0.2) is 29.0 Å². The second-order valence-corrected chi connectivity index (χ2v) is 2.60. The van der Waals surface area contributed by atoms with E-state index in [0.29, 0.717) is 0 Å². The Balaban J connectivity index is 0.000000218. The molecule has 1 heterocycles. The topological polar surface area (TPSA) is 50.2 Å². The summed E-state index contributed by atoms with van der Waals surface area (Å²) in [4.78, 5) is 12.8. The summed E-state index contributed by atoms with van der Waals surface area (Å²) in [7, 11) is 0. The molecule has 0 saturated carbocycles. The molecule has 0 atom stereocenters. The van der Waals surface area contributed by atoms with Gasteiger partial charge in [-0.15, -0.1) is 0 Å². The first kappa shape index (κ1) is 10.1. The van der Waals surface area contributed by atoms with Gasteiger partial charge in [0, 0.05) is 23.8 Å². The Bertz CT molecular complexity index is 209. The van der Waals surface area contributed by atoms with Crippen LogP contribution in [-0.2, 0) is 4.79 Å². The third-order valence-corrected chi connectivity index (χ3v) is 1.17. The molecule has 0 aromatic carbocycles. The number of hydrogen-bond donors (Lipinski definition) is 1. The minimum absolute atomic E-state index is 0.833. The van der Waals surface area contributed by atoms with Crippen LogP contribution in [0.2, 0.25) is 0 Å². The van der Waals surface area contributed by atoms with E-state index in [-0.39, 0.29) is 0 Å². The summed E-state index contributed by atoms with van der Waals surface area (Å²) in [6, 6.07) is 3.78. The average molecular weight is 218 g/mol. The molecule has 0 spiro atoms. The van der Waals surface area contributed by atoms with Crippen molar-refractivity contribution in [1.82, 2.24) is 4.98 Å². The minimum atomic E-state index is -0.833. The van der Waals surface area contributed by atoms with Crippen molar-refractivity contribution in [1.29, 1.82) is 0 Å². The molecule has 0 radical (unpaired) electrons. The minimum Gasteiger partial charge on any atom is -0.481 e. The lowest BCUT2D eigenvalue weighted by Crippen LogP contribution is -1.78. The normalized spacial score (nSPS) is 7.82. The van der Waals surface area contributed by atoms with Gasteiger partial charge < -0.3 is 5.11 Å². The van der Waals surface area contributed by atoms with E-state index < -0.39 is 5.97 Å². The van der Waals surface area contributed by atoms with Crippen molar-refractivity contribution in [2.75, 3.05) is 0 Å². The number of nitrogens with zero attached hydrogens (tertiary/aromatic N) is 1. The van der Waals surface area contributed by atoms with Crippen molar-refractivity contribution < 1.29 is 9.90 Å². The molecular weight excluding hydrogens is 210 g/mol. The number of carboxylic acids is 1. The van der Waals surface area contributed by atoms with Gasteiger partial charge >= 0.3 is 0 Å². The summed E-state index contributed by atoms with van der Waals surface area (Å²) in [5.74, 6) is -0.833. The molecule has 1 rings (SSSR count). The molecular formula is C7H8BrNO2. The number of aromatic nitrogens is 1. The highest BCUT2D eigenvalue weighted by Crippen LogP contribution is 2.03. The van der Waals surface area contributed by atoms with Crippen molar-refractivity contribution in [3.05, 3.63) is 29.0 Å². The molecule has 0 unspecified atom stereocenters. The van der Waals surface area contributed by atoms with Gasteiger partial charge in [0.2, 0.25) is 0 Å². The fraction of sp³-hybridized carbons (Fsp3) is 0.143. The van der Waals surface area contributed by atoms with Crippen LogP contribution < -0.4 is 0 Å². The molecule has 0 saturated heterocycles. The van der Waals surface area contributed by atoms with Crippen molar-refractivity contribution in [3.63, 3.8) is 0 Å². The summed E-state index contributed by atoms with van der Waals surface area (Å²) in [6.45, 7) is 1.08. The maximum absolute atomic E-state index is 9.00. The molecule has 60 valence electrons. The number of hydrogen-bond acceptors (Lipinski definition) is 2. The Kier molecular flexibility index (Phi) is 5.37. The lowest BCUT2D eigenvalue weighted by molar-refractivity contribution is -0.134. The number of carbonyl (C=O) groups is 1. The van der Waals surface area contributed by atoms with E-state index in [1.165, 1.54) is 0 Å². The van der Waals surface area contributed by atoms with Gasteiger partial charge in [-0.3, -0.25) is 9.78 Å². The number of carboxylic acid groups (broad SMARTS) is 1. The van der Waals surface area contributed by atoms with Gasteiger partial charge in [0.1, 0.15) is 0 Å². The van der Waals surface area contributed by atoms with E-state index in [4.69, 9.17) is 9.90 Å². The Morgan fingerprint density at radius 2 is 1.91 bits per heavy atom. The number of pyridine rings is 1. The first-order chi connectivity index (χ1) is 5.13. The smallest absolute Gasteiger partial charge is 0.300 e. The van der Waals surface area contributed by atoms with E-state index in [2.05, 4.69) is 20.9 Å². The van der Waals surface area contributed by atoms with Crippen molar-refractivity contribution in [2.24, 2.45) is 0 Å². The summed E-state index contributed by atoms with van der Waals surface area (Å²) in [5.41, 5.74) is 0. The molecule has 4 heteroatoms. The summed E-state index contributed by atoms with van der Waals surface area (Å²) >= 11 is 3.27. The van der Waals surface area contributed by atoms with E-state index in [9.17, 15) is 0 Å². The molecule has 1 aromatic heterocycles. The fourth-order valence-corrected chi connectivity index (χ4v) is 0.570. The first-order valence-corrected chi connectivity index (χ1v) is 3.67. The van der Waals surface area contributed by atoms with E-state index in [0.717, 1.165) is 11.4 Å². The van der Waals surface area contributed by atoms with Crippen LogP contribution in [0.4, 0.5) is 0 Å². The second-order valence-electron chi connectivity index (χ2n) is 1.68. The highest BCUT2D eigenvalue weighted by Gasteiger charge is 1.75. The zero-order chi connectivity index (χ0) is 8.69. The molecule has 0 fully saturated rings. The Morgan fingerprint density at radius 3 is 2.09 bits per heavy atom. The zero-order valence-corrected chi connectivity index (χ0v) is 7.58. The van der Waals surface area contributed by atoms with Crippen LogP contribution in [0, 0.1) is 0 Å². The molecule has 0 amide bonds. The number of halogens is 1. The molecule has 0 aliphatic rings. The van der Waals surface area contributed by atoms with Gasteiger partial charge in [-0.05, 0) is 12.1 Å². The van der Waals surface area contributed by atoms with Crippen molar-refractivity contribution in [3.8, 4) is 0 Å². The highest BCUT2D eigenvalue weighted by atomic mass is 79.9. The predicted octanol–water partition coefficient (Wildman–Crippen LogP) is 1.93. The van der Waals surface area contributed by atoms with E-state index >= 15 is 0 Å². The Hall–Kier alpha value is -0.900. The summed E-state index contributed by atoms with van der Waals surface area (Å²) < 4.78 is 1.07. The van der Waals surface area contributed by atoms with Crippen molar-refractivity contribution in [2.45, 2.75) is 6.92 Å². The second kappa shape index (κ2) is 5.85. The molecule has 0 bridgehead atoms. The molecule has 1 N–H and O–H groups in total. The molecule has 0 aliphatic carbocycles. The van der Waals surface area contributed by atoms with Gasteiger partial charge in [-0.1, -0.05) is 15.9 Å². The highest BCUT2D eigenvalue weighted by molar-refractivity contribution is 9.10. The summed E-state index contributed by atoms with van der Waals surface area (Å²) in [6.07, 6.45) is 3.48. The predicted molar refractivity (Wildman–Crippen MR) is 45.2 cm³/mol. The van der Waals surface area contributed by atoms with Gasteiger partial charge in [0.25, 0.3) is 5.97 Å². The largest absolute Gasteiger partial charge is 0.481 e. The SMILES string of the molecule is Brc1ccncc1.CC(=O)O. The number of aliphatic carboxylic acids is 1. The molecule has 11 heavy (non-hydrogen) atoms. The van der Waals surface area contributed by atoms with Gasteiger partial charge in [-0.2, -0.15) is 0 Å². The van der Waals surface area contributed by atoms with Crippen LogP contribution in [0.3, 0.4) is 0 Å². The first-order valence-electron chi connectivity index (χ1n) is 2.88. The summed E-state index contributed by atoms with van der Waals surface area (Å²) in [5, 5.41) is 7.42. The maximum atomic E-state index is 9.00. The average Bonchev–Trinajstić information content (AvgIpc) is 1.87. The van der Waals surface area contributed by atoms with Crippen LogP contribution >= 0.6 is 15.9 Å². The monoisotopic (exact) mass is 217 g/mol. The van der Waals surface area contributed by atoms with E-state index in [1.54, 1.807) is 12.4 Å². The zero-order valence-electron chi connectivity index (χ0n) is 5.99. The van der Waals surface area contributed by atoms with Crippen LogP contribution in [0.5, 0.6) is 0 Å². The van der Waals surface area contributed by atoms with Crippen LogP contribution in [0.25, 0.3) is 0 Å². The Morgan fingerprint density at radius 1 is 1.55 bits per heavy atom. The van der Waals surface area contributed by atoms with Gasteiger partial charge in [0.05, 0.1) is 0 Å².